The molecule has 0 N–H and O–H groups in total. The second kappa shape index (κ2) is 7.85. The molecule has 4 rings (SSSR count). The maximum atomic E-state index is 13.3. The molecule has 0 aliphatic carbocycles. The number of nitrogens with zero attached hydrogens (tertiary/aromatic N) is 5. The van der Waals surface area contributed by atoms with Crippen LogP contribution in [0.5, 0.6) is 0 Å². The third-order valence-corrected chi connectivity index (χ3v) is 6.78. The standard InChI is InChI=1S/C21H33N5O2/c1-16-17(2)22-20(25-9-4-5-10-25)23-18(16)26-12-8-21(15-26)7-6-11-24(19(21)27)13-14-28-3/h4-15H2,1-3H3. The summed E-state index contributed by atoms with van der Waals surface area (Å²) in [5.41, 5.74) is 1.93. The Hall–Kier alpha value is -1.89. The number of anilines is 2. The molecule has 28 heavy (non-hydrogen) atoms. The van der Waals surface area contributed by atoms with Crippen molar-refractivity contribution >= 4 is 17.7 Å². The van der Waals surface area contributed by atoms with Crippen LogP contribution in [0.4, 0.5) is 11.8 Å². The average Bonchev–Trinajstić information content (AvgIpc) is 3.36. The zero-order valence-corrected chi connectivity index (χ0v) is 17.5. The van der Waals surface area contributed by atoms with Gasteiger partial charge >= 0.3 is 0 Å². The molecule has 1 spiro atoms. The lowest BCUT2D eigenvalue weighted by Gasteiger charge is -2.39. The third kappa shape index (κ3) is 3.45. The summed E-state index contributed by atoms with van der Waals surface area (Å²) in [6.07, 6.45) is 5.39. The fourth-order valence-electron chi connectivity index (χ4n) is 4.96. The number of amides is 1. The van der Waals surface area contributed by atoms with Gasteiger partial charge in [-0.05, 0) is 46.0 Å². The summed E-state index contributed by atoms with van der Waals surface area (Å²) < 4.78 is 5.20. The van der Waals surface area contributed by atoms with Crippen LogP contribution in [0, 0.1) is 19.3 Å². The van der Waals surface area contributed by atoms with Crippen molar-refractivity contribution in [3.63, 3.8) is 0 Å². The lowest BCUT2D eigenvalue weighted by Crippen LogP contribution is -2.51. The van der Waals surface area contributed by atoms with Gasteiger partial charge in [-0.25, -0.2) is 4.98 Å². The third-order valence-electron chi connectivity index (χ3n) is 6.78. The van der Waals surface area contributed by atoms with Crippen molar-refractivity contribution in [2.45, 2.75) is 46.0 Å². The fraction of sp³-hybridized carbons (Fsp3) is 0.762. The largest absolute Gasteiger partial charge is 0.383 e. The molecule has 1 aromatic rings. The highest BCUT2D eigenvalue weighted by molar-refractivity contribution is 5.85. The van der Waals surface area contributed by atoms with Crippen LogP contribution in [-0.4, -0.2) is 73.8 Å². The van der Waals surface area contributed by atoms with Crippen molar-refractivity contribution in [3.05, 3.63) is 11.3 Å². The Morgan fingerprint density at radius 1 is 1.00 bits per heavy atom. The van der Waals surface area contributed by atoms with Crippen LogP contribution in [0.15, 0.2) is 0 Å². The molecule has 154 valence electrons. The summed E-state index contributed by atoms with van der Waals surface area (Å²) in [5.74, 6) is 2.18. The zero-order chi connectivity index (χ0) is 19.7. The van der Waals surface area contributed by atoms with Crippen LogP contribution in [-0.2, 0) is 9.53 Å². The van der Waals surface area contributed by atoms with E-state index in [4.69, 9.17) is 14.7 Å². The number of ether oxygens (including phenoxy) is 1. The van der Waals surface area contributed by atoms with E-state index in [-0.39, 0.29) is 5.41 Å². The maximum absolute atomic E-state index is 13.3. The Morgan fingerprint density at radius 3 is 2.54 bits per heavy atom. The molecule has 3 aliphatic rings. The Bertz CT molecular complexity index is 734. The molecule has 0 bridgehead atoms. The van der Waals surface area contributed by atoms with Gasteiger partial charge in [0.15, 0.2) is 0 Å². The van der Waals surface area contributed by atoms with Gasteiger partial charge in [0.25, 0.3) is 0 Å². The second-order valence-electron chi connectivity index (χ2n) is 8.59. The molecule has 7 nitrogen and oxygen atoms in total. The highest BCUT2D eigenvalue weighted by Crippen LogP contribution is 2.42. The predicted molar refractivity (Wildman–Crippen MR) is 110 cm³/mol. The molecule has 1 amide bonds. The normalized spacial score (nSPS) is 25.4. The number of likely N-dealkylation sites (tertiary alicyclic amines) is 1. The summed E-state index contributed by atoms with van der Waals surface area (Å²) in [4.78, 5) is 29.6. The molecule has 1 atom stereocenters. The molecule has 3 aliphatic heterocycles. The molecular weight excluding hydrogens is 354 g/mol. The van der Waals surface area contributed by atoms with Gasteiger partial charge in [0, 0.05) is 57.6 Å². The molecule has 1 unspecified atom stereocenters. The number of rotatable bonds is 5. The second-order valence-corrected chi connectivity index (χ2v) is 8.59. The van der Waals surface area contributed by atoms with E-state index < -0.39 is 0 Å². The molecule has 0 aromatic carbocycles. The SMILES string of the molecule is COCCN1CCCC2(CCN(c3nc(N4CCCC4)nc(C)c3C)C2)C1=O. The number of aromatic nitrogens is 2. The van der Waals surface area contributed by atoms with E-state index in [0.717, 1.165) is 75.0 Å². The molecule has 3 fully saturated rings. The van der Waals surface area contributed by atoms with Crippen molar-refractivity contribution in [1.82, 2.24) is 14.9 Å². The summed E-state index contributed by atoms with van der Waals surface area (Å²) in [6, 6.07) is 0. The molecule has 1 aromatic heterocycles. The van der Waals surface area contributed by atoms with E-state index in [1.807, 2.05) is 4.90 Å². The van der Waals surface area contributed by atoms with Crippen LogP contribution >= 0.6 is 0 Å². The van der Waals surface area contributed by atoms with E-state index in [9.17, 15) is 4.79 Å². The van der Waals surface area contributed by atoms with Gasteiger partial charge in [-0.3, -0.25) is 4.79 Å². The van der Waals surface area contributed by atoms with E-state index in [1.54, 1.807) is 7.11 Å². The van der Waals surface area contributed by atoms with Gasteiger partial charge in [-0.1, -0.05) is 0 Å². The van der Waals surface area contributed by atoms with Crippen molar-refractivity contribution in [2.75, 3.05) is 62.8 Å². The van der Waals surface area contributed by atoms with E-state index >= 15 is 0 Å². The summed E-state index contributed by atoms with van der Waals surface area (Å²) in [5, 5.41) is 0. The number of piperidine rings is 1. The zero-order valence-electron chi connectivity index (χ0n) is 17.5. The van der Waals surface area contributed by atoms with Gasteiger partial charge in [0.05, 0.1) is 12.0 Å². The number of hydrogen-bond acceptors (Lipinski definition) is 6. The average molecular weight is 388 g/mol. The van der Waals surface area contributed by atoms with Gasteiger partial charge in [0.1, 0.15) is 5.82 Å². The van der Waals surface area contributed by atoms with Crippen LogP contribution in [0.1, 0.15) is 43.4 Å². The summed E-state index contributed by atoms with van der Waals surface area (Å²) in [7, 11) is 1.69. The fourth-order valence-corrected chi connectivity index (χ4v) is 4.96. The first kappa shape index (κ1) is 19.4. The monoisotopic (exact) mass is 387 g/mol. The lowest BCUT2D eigenvalue weighted by atomic mass is 9.78. The van der Waals surface area contributed by atoms with Crippen LogP contribution in [0.3, 0.4) is 0 Å². The summed E-state index contributed by atoms with van der Waals surface area (Å²) >= 11 is 0. The maximum Gasteiger partial charge on any atom is 0.230 e. The molecule has 0 radical (unpaired) electrons. The van der Waals surface area contributed by atoms with Crippen molar-refractivity contribution in [3.8, 4) is 0 Å². The van der Waals surface area contributed by atoms with Gasteiger partial charge in [0.2, 0.25) is 11.9 Å². The van der Waals surface area contributed by atoms with E-state index in [1.165, 1.54) is 12.8 Å². The highest BCUT2D eigenvalue weighted by Gasteiger charge is 2.48. The lowest BCUT2D eigenvalue weighted by molar-refractivity contribution is -0.145. The van der Waals surface area contributed by atoms with Crippen molar-refractivity contribution < 1.29 is 9.53 Å². The smallest absolute Gasteiger partial charge is 0.230 e. The van der Waals surface area contributed by atoms with Gasteiger partial charge in [-0.15, -0.1) is 0 Å². The number of aryl methyl sites for hydroxylation is 1. The molecule has 0 saturated carbocycles. The Labute approximate surface area is 168 Å². The minimum absolute atomic E-state index is 0.259. The Morgan fingerprint density at radius 2 is 1.79 bits per heavy atom. The van der Waals surface area contributed by atoms with E-state index in [0.29, 0.717) is 19.1 Å². The van der Waals surface area contributed by atoms with Crippen LogP contribution in [0.2, 0.25) is 0 Å². The Balaban J connectivity index is 1.56. The van der Waals surface area contributed by atoms with Gasteiger partial charge < -0.3 is 19.4 Å². The van der Waals surface area contributed by atoms with Gasteiger partial charge in [-0.2, -0.15) is 4.98 Å². The molecule has 4 heterocycles. The minimum atomic E-state index is -0.259. The number of carbonyl (C=O) groups is 1. The van der Waals surface area contributed by atoms with Crippen LogP contribution < -0.4 is 9.80 Å². The predicted octanol–water partition coefficient (Wildman–Crippen LogP) is 2.16. The van der Waals surface area contributed by atoms with Crippen LogP contribution in [0.25, 0.3) is 0 Å². The molecule has 3 saturated heterocycles. The first-order valence-corrected chi connectivity index (χ1v) is 10.7. The first-order valence-electron chi connectivity index (χ1n) is 10.7. The topological polar surface area (TPSA) is 61.8 Å². The Kier molecular flexibility index (Phi) is 5.45. The minimum Gasteiger partial charge on any atom is -0.383 e. The number of methoxy groups -OCH3 is 1. The van der Waals surface area contributed by atoms with Crippen molar-refractivity contribution in [1.29, 1.82) is 0 Å². The quantitative estimate of drug-likeness (QED) is 0.772. The molecular formula is C21H33N5O2. The number of hydrogen-bond donors (Lipinski definition) is 0. The highest BCUT2D eigenvalue weighted by atomic mass is 16.5. The first-order chi connectivity index (χ1) is 13.5. The number of carbonyl (C=O) groups excluding carboxylic acids is 1. The molecule has 7 heteroatoms. The van der Waals surface area contributed by atoms with E-state index in [2.05, 4.69) is 23.6 Å². The van der Waals surface area contributed by atoms with Crippen molar-refractivity contribution in [2.24, 2.45) is 5.41 Å². The summed E-state index contributed by atoms with van der Waals surface area (Å²) in [6.45, 7) is 10.1.